The van der Waals surface area contributed by atoms with Crippen LogP contribution in [0.25, 0.3) is 0 Å². The maximum atomic E-state index is 8.97. The van der Waals surface area contributed by atoms with Gasteiger partial charge in [-0.15, -0.1) is 0 Å². The van der Waals surface area contributed by atoms with Crippen LogP contribution in [-0.2, 0) is 0 Å². The summed E-state index contributed by atoms with van der Waals surface area (Å²) in [7, 11) is 1.90. The lowest BCUT2D eigenvalue weighted by Crippen LogP contribution is -2.20. The highest BCUT2D eigenvalue weighted by Crippen LogP contribution is 2.28. The minimum Gasteiger partial charge on any atom is -0.368 e. The molecule has 0 aliphatic heterocycles. The molecule has 0 heterocycles. The third-order valence-electron chi connectivity index (χ3n) is 2.00. The van der Waals surface area contributed by atoms with Gasteiger partial charge in [-0.2, -0.15) is 5.26 Å². The van der Waals surface area contributed by atoms with Crippen LogP contribution < -0.4 is 4.90 Å². The average Bonchev–Trinajstić information content (AvgIpc) is 2.15. The van der Waals surface area contributed by atoms with E-state index >= 15 is 0 Å². The maximum Gasteiger partial charge on any atom is 0.101 e. The molecule has 78 valence electrons. The molecule has 0 atom stereocenters. The zero-order chi connectivity index (χ0) is 11.4. The monoisotopic (exact) mass is 220 g/mol. The maximum absolute atomic E-state index is 8.97. The van der Waals surface area contributed by atoms with Crippen molar-refractivity contribution in [3.05, 3.63) is 40.9 Å². The highest BCUT2D eigenvalue weighted by Gasteiger charge is 2.10. The van der Waals surface area contributed by atoms with Crippen molar-refractivity contribution in [1.82, 2.24) is 0 Å². The molecule has 0 radical (unpaired) electrons. The molecule has 0 fully saturated rings. The van der Waals surface area contributed by atoms with E-state index in [1.165, 1.54) is 0 Å². The van der Waals surface area contributed by atoms with Crippen LogP contribution in [-0.4, -0.2) is 13.6 Å². The summed E-state index contributed by atoms with van der Waals surface area (Å²) in [6.07, 6.45) is 0. The summed E-state index contributed by atoms with van der Waals surface area (Å²) in [4.78, 5) is 1.93. The molecule has 1 aromatic carbocycles. The molecular weight excluding hydrogens is 208 g/mol. The Morgan fingerprint density at radius 3 is 2.80 bits per heavy atom. The predicted octanol–water partition coefficient (Wildman–Crippen LogP) is 3.22. The molecule has 1 aromatic rings. The van der Waals surface area contributed by atoms with E-state index in [2.05, 4.69) is 12.6 Å². The summed E-state index contributed by atoms with van der Waals surface area (Å²) in [5.74, 6) is 0. The minimum absolute atomic E-state index is 0.589. The molecule has 0 aliphatic carbocycles. The van der Waals surface area contributed by atoms with E-state index in [1.54, 1.807) is 18.2 Å². The quantitative estimate of drug-likeness (QED) is 0.732. The lowest BCUT2D eigenvalue weighted by Gasteiger charge is -2.21. The number of rotatable bonds is 3. The molecule has 2 nitrogen and oxygen atoms in total. The Morgan fingerprint density at radius 1 is 1.60 bits per heavy atom. The number of benzene rings is 1. The molecule has 0 saturated heterocycles. The lowest BCUT2D eigenvalue weighted by molar-refractivity contribution is 0.983. The molecular formula is C12H13ClN2. The molecule has 3 heteroatoms. The number of likely N-dealkylation sites (N-methyl/N-ethyl adjacent to an activating group) is 1. The second-order valence-electron chi connectivity index (χ2n) is 3.56. The molecule has 0 bridgehead atoms. The first kappa shape index (κ1) is 11.6. The van der Waals surface area contributed by atoms with Gasteiger partial charge in [-0.3, -0.25) is 0 Å². The van der Waals surface area contributed by atoms with Crippen molar-refractivity contribution in [3.63, 3.8) is 0 Å². The summed E-state index contributed by atoms with van der Waals surface area (Å²) in [6, 6.07) is 7.46. The summed E-state index contributed by atoms with van der Waals surface area (Å²) >= 11 is 6.06. The van der Waals surface area contributed by atoms with Crippen LogP contribution in [0.15, 0.2) is 30.4 Å². The molecule has 0 spiro atoms. The third kappa shape index (κ3) is 2.74. The Kier molecular flexibility index (Phi) is 3.76. The van der Waals surface area contributed by atoms with E-state index < -0.39 is 0 Å². The van der Waals surface area contributed by atoms with Crippen molar-refractivity contribution in [2.75, 3.05) is 18.5 Å². The first-order valence-corrected chi connectivity index (χ1v) is 4.98. The van der Waals surface area contributed by atoms with Crippen LogP contribution in [0.2, 0.25) is 5.02 Å². The molecule has 0 saturated carbocycles. The number of anilines is 1. The smallest absolute Gasteiger partial charge is 0.101 e. The van der Waals surface area contributed by atoms with Crippen molar-refractivity contribution >= 4 is 17.3 Å². The van der Waals surface area contributed by atoms with E-state index in [9.17, 15) is 0 Å². The molecule has 0 unspecified atom stereocenters. The first-order chi connectivity index (χ1) is 7.06. The average molecular weight is 221 g/mol. The van der Waals surface area contributed by atoms with Gasteiger partial charge in [0, 0.05) is 13.6 Å². The van der Waals surface area contributed by atoms with Gasteiger partial charge in [0.2, 0.25) is 0 Å². The van der Waals surface area contributed by atoms with Crippen LogP contribution in [0.4, 0.5) is 5.69 Å². The van der Waals surface area contributed by atoms with Crippen LogP contribution in [0, 0.1) is 11.3 Å². The normalized spacial score (nSPS) is 9.47. The largest absolute Gasteiger partial charge is 0.368 e. The fourth-order valence-electron chi connectivity index (χ4n) is 1.48. The van der Waals surface area contributed by atoms with Crippen molar-refractivity contribution < 1.29 is 0 Å². The van der Waals surface area contributed by atoms with E-state index in [0.29, 0.717) is 17.1 Å². The summed E-state index contributed by atoms with van der Waals surface area (Å²) in [5.41, 5.74) is 2.39. The predicted molar refractivity (Wildman–Crippen MR) is 64.3 cm³/mol. The summed E-state index contributed by atoms with van der Waals surface area (Å²) in [5, 5.41) is 9.56. The Labute approximate surface area is 95.4 Å². The van der Waals surface area contributed by atoms with Gasteiger partial charge >= 0.3 is 0 Å². The Bertz CT molecular complexity index is 418. The lowest BCUT2D eigenvalue weighted by atomic mass is 10.1. The number of nitriles is 1. The highest BCUT2D eigenvalue weighted by molar-refractivity contribution is 6.33. The van der Waals surface area contributed by atoms with Crippen molar-refractivity contribution in [2.24, 2.45) is 0 Å². The molecule has 15 heavy (non-hydrogen) atoms. The van der Waals surface area contributed by atoms with E-state index in [-0.39, 0.29) is 0 Å². The number of hydrogen-bond donors (Lipinski definition) is 0. The fourth-order valence-corrected chi connectivity index (χ4v) is 1.80. The van der Waals surface area contributed by atoms with Crippen LogP contribution >= 0.6 is 11.6 Å². The van der Waals surface area contributed by atoms with E-state index in [1.807, 2.05) is 18.9 Å². The summed E-state index contributed by atoms with van der Waals surface area (Å²) in [6.45, 7) is 6.47. The third-order valence-corrected chi connectivity index (χ3v) is 2.30. The number of halogens is 1. The highest BCUT2D eigenvalue weighted by atomic mass is 35.5. The number of nitrogens with zero attached hydrogens (tertiary/aromatic N) is 2. The molecule has 0 aliphatic rings. The van der Waals surface area contributed by atoms with Crippen molar-refractivity contribution in [1.29, 1.82) is 5.26 Å². The SMILES string of the molecule is C=C(C)CN(C)c1c(Cl)cccc1C#N. The topological polar surface area (TPSA) is 27.0 Å². The van der Waals surface area contributed by atoms with Gasteiger partial charge in [-0.05, 0) is 19.1 Å². The van der Waals surface area contributed by atoms with Crippen LogP contribution in [0.3, 0.4) is 0 Å². The summed E-state index contributed by atoms with van der Waals surface area (Å²) < 4.78 is 0. The van der Waals surface area contributed by atoms with Crippen molar-refractivity contribution in [2.45, 2.75) is 6.92 Å². The standard InChI is InChI=1S/C12H13ClN2/c1-9(2)8-15(3)12-10(7-14)5-4-6-11(12)13/h4-6H,1,8H2,2-3H3. The van der Waals surface area contributed by atoms with Gasteiger partial charge in [0.1, 0.15) is 6.07 Å². The van der Waals surface area contributed by atoms with E-state index in [4.69, 9.17) is 16.9 Å². The van der Waals surface area contributed by atoms with E-state index in [0.717, 1.165) is 11.3 Å². The number of hydrogen-bond acceptors (Lipinski definition) is 2. The van der Waals surface area contributed by atoms with Crippen LogP contribution in [0.5, 0.6) is 0 Å². The molecule has 0 N–H and O–H groups in total. The fraction of sp³-hybridized carbons (Fsp3) is 0.250. The van der Waals surface area contributed by atoms with Crippen LogP contribution in [0.1, 0.15) is 12.5 Å². The second kappa shape index (κ2) is 4.86. The van der Waals surface area contributed by atoms with Gasteiger partial charge in [-0.1, -0.05) is 29.8 Å². The van der Waals surface area contributed by atoms with Gasteiger partial charge in [0.15, 0.2) is 0 Å². The minimum atomic E-state index is 0.589. The number of para-hydroxylation sites is 1. The first-order valence-electron chi connectivity index (χ1n) is 4.60. The van der Waals surface area contributed by atoms with Gasteiger partial charge in [0.05, 0.1) is 16.3 Å². The second-order valence-corrected chi connectivity index (χ2v) is 3.97. The molecule has 0 aromatic heterocycles. The molecule has 1 rings (SSSR count). The van der Waals surface area contributed by atoms with Gasteiger partial charge in [-0.25, -0.2) is 0 Å². The van der Waals surface area contributed by atoms with Gasteiger partial charge < -0.3 is 4.90 Å². The zero-order valence-electron chi connectivity index (χ0n) is 8.92. The molecule has 0 amide bonds. The Hall–Kier alpha value is -1.46. The van der Waals surface area contributed by atoms with Gasteiger partial charge in [0.25, 0.3) is 0 Å². The van der Waals surface area contributed by atoms with Crippen molar-refractivity contribution in [3.8, 4) is 6.07 Å². The zero-order valence-corrected chi connectivity index (χ0v) is 9.67. The Morgan fingerprint density at radius 2 is 2.27 bits per heavy atom. The Balaban J connectivity index is 3.12.